The van der Waals surface area contributed by atoms with E-state index in [-0.39, 0.29) is 21.5 Å². The lowest BCUT2D eigenvalue weighted by Gasteiger charge is -2.10. The summed E-state index contributed by atoms with van der Waals surface area (Å²) in [5, 5.41) is 32.4. The highest BCUT2D eigenvalue weighted by molar-refractivity contribution is 8.10. The zero-order valence-corrected chi connectivity index (χ0v) is 12.9. The fourth-order valence-corrected chi connectivity index (χ4v) is 0.356. The molecule has 0 saturated heterocycles. The summed E-state index contributed by atoms with van der Waals surface area (Å²) in [4.78, 5) is 0. The molecule has 0 amide bonds. The Labute approximate surface area is 123 Å². The number of rotatable bonds is 4. The van der Waals surface area contributed by atoms with Crippen LogP contribution in [0.4, 0.5) is 0 Å². The first-order chi connectivity index (χ1) is 7.63. The molecule has 0 rings (SSSR count). The molecule has 0 aliphatic rings. The Bertz CT molecular complexity index is 180. The van der Waals surface area contributed by atoms with Crippen molar-refractivity contribution in [3.8, 4) is 0 Å². The van der Waals surface area contributed by atoms with Crippen LogP contribution in [0.25, 0.3) is 0 Å². The van der Waals surface area contributed by atoms with Gasteiger partial charge in [0.15, 0.2) is 0 Å². The maximum atomic E-state index is 8.69. The van der Waals surface area contributed by atoms with E-state index in [1.54, 1.807) is 13.8 Å². The molecule has 0 heterocycles. The van der Waals surface area contributed by atoms with Crippen molar-refractivity contribution >= 4 is 58.5 Å². The standard InChI is InChI=1S/C6H14O3.2CH2OS2/c1-5(8)4-9-6(2)3-7;2*2-1(3)4/h5-8H,3-4H2,1-2H3;2*(H2,2,3,4). The monoisotopic (exact) mass is 322 g/mol. The number of hydrogen-bond donors (Lipinski definition) is 6. The summed E-state index contributed by atoms with van der Waals surface area (Å²) in [6.45, 7) is 3.70. The fraction of sp³-hybridized carbons (Fsp3) is 0.750. The summed E-state index contributed by atoms with van der Waals surface area (Å²) in [6.07, 6.45) is -0.612. The molecule has 0 aliphatic carbocycles. The summed E-state index contributed by atoms with van der Waals surface area (Å²) in [5.41, 5.74) is 0. The van der Waals surface area contributed by atoms with Crippen LogP contribution in [-0.4, -0.2) is 54.6 Å². The molecule has 5 nitrogen and oxygen atoms in total. The van der Waals surface area contributed by atoms with Gasteiger partial charge < -0.3 is 25.2 Å². The van der Waals surface area contributed by atoms with Crippen LogP contribution in [0.3, 0.4) is 0 Å². The zero-order chi connectivity index (χ0) is 14.4. The topological polar surface area (TPSA) is 90.2 Å². The van der Waals surface area contributed by atoms with Crippen LogP contribution in [0.15, 0.2) is 0 Å². The van der Waals surface area contributed by atoms with Crippen LogP contribution in [0, 0.1) is 0 Å². The van der Waals surface area contributed by atoms with E-state index in [4.69, 9.17) is 25.2 Å². The quantitative estimate of drug-likeness (QED) is 0.343. The van der Waals surface area contributed by atoms with Crippen LogP contribution >= 0.6 is 49.7 Å². The first-order valence-corrected chi connectivity index (χ1v) is 6.08. The van der Waals surface area contributed by atoms with Crippen molar-refractivity contribution in [3.63, 3.8) is 0 Å². The van der Waals surface area contributed by atoms with Gasteiger partial charge in [0.05, 0.1) is 25.4 Å². The van der Waals surface area contributed by atoms with E-state index >= 15 is 0 Å². The third kappa shape index (κ3) is 62.3. The molecule has 0 bridgehead atoms. The Morgan fingerprint density at radius 2 is 1.47 bits per heavy atom. The Morgan fingerprint density at radius 1 is 1.18 bits per heavy atom. The Morgan fingerprint density at radius 3 is 1.65 bits per heavy atom. The van der Waals surface area contributed by atoms with E-state index in [0.29, 0.717) is 6.61 Å². The van der Waals surface area contributed by atoms with Gasteiger partial charge in [-0.3, -0.25) is 0 Å². The number of aliphatic hydroxyl groups excluding tert-OH is 4. The van der Waals surface area contributed by atoms with Gasteiger partial charge in [0.25, 0.3) is 0 Å². The van der Waals surface area contributed by atoms with Crippen LogP contribution in [0.2, 0.25) is 0 Å². The smallest absolute Gasteiger partial charge is 0.214 e. The molecule has 0 radical (unpaired) electrons. The van der Waals surface area contributed by atoms with E-state index in [0.717, 1.165) is 0 Å². The molecule has 0 aromatic heterocycles. The highest BCUT2D eigenvalue weighted by Gasteiger charge is 2.00. The van der Waals surface area contributed by atoms with Crippen molar-refractivity contribution in [2.24, 2.45) is 0 Å². The van der Waals surface area contributed by atoms with E-state index in [1.807, 2.05) is 0 Å². The van der Waals surface area contributed by atoms with Crippen LogP contribution in [-0.2, 0) is 4.74 Å². The molecular weight excluding hydrogens is 304 g/mol. The van der Waals surface area contributed by atoms with Gasteiger partial charge in [0.1, 0.15) is 0 Å². The van der Waals surface area contributed by atoms with Crippen molar-refractivity contribution in [1.82, 2.24) is 0 Å². The van der Waals surface area contributed by atoms with Crippen molar-refractivity contribution < 1.29 is 25.2 Å². The number of thiocarbonyl (C=S) groups is 2. The normalized spacial score (nSPS) is 12.1. The molecule has 0 fully saturated rings. The molecule has 17 heavy (non-hydrogen) atoms. The molecule has 9 heteroatoms. The van der Waals surface area contributed by atoms with Crippen molar-refractivity contribution in [1.29, 1.82) is 0 Å². The molecule has 0 spiro atoms. The predicted molar refractivity (Wildman–Crippen MR) is 82.6 cm³/mol. The molecule has 0 saturated carbocycles. The Hall–Kier alpha value is 0.360. The maximum Gasteiger partial charge on any atom is 0.214 e. The molecule has 0 aromatic carbocycles. The van der Waals surface area contributed by atoms with E-state index in [9.17, 15) is 0 Å². The summed E-state index contributed by atoms with van der Waals surface area (Å²) >= 11 is 14.4. The average Bonchev–Trinajstić information content (AvgIpc) is 2.12. The van der Waals surface area contributed by atoms with Gasteiger partial charge in [-0.25, -0.2) is 0 Å². The minimum atomic E-state index is -0.445. The molecule has 0 aromatic rings. The lowest BCUT2D eigenvalue weighted by Crippen LogP contribution is -2.19. The second-order valence-corrected chi connectivity index (χ2v) is 4.97. The average molecular weight is 322 g/mol. The molecular formula is C8H18O5S4. The van der Waals surface area contributed by atoms with Crippen LogP contribution < -0.4 is 0 Å². The number of ether oxygens (including phenoxy) is 1. The summed E-state index contributed by atoms with van der Waals surface area (Å²) in [5.74, 6) is 0. The van der Waals surface area contributed by atoms with Crippen LogP contribution in [0.1, 0.15) is 13.8 Å². The molecule has 2 atom stereocenters. The van der Waals surface area contributed by atoms with Crippen molar-refractivity contribution in [2.45, 2.75) is 26.1 Å². The van der Waals surface area contributed by atoms with Gasteiger partial charge in [-0.1, -0.05) is 25.3 Å². The summed E-state index contributed by atoms with van der Waals surface area (Å²) in [6, 6.07) is 0. The highest BCUT2D eigenvalue weighted by atomic mass is 32.1. The zero-order valence-electron chi connectivity index (χ0n) is 9.48. The second kappa shape index (κ2) is 16.4. The second-order valence-electron chi connectivity index (χ2n) is 2.74. The minimum Gasteiger partial charge on any atom is -0.494 e. The number of hydrogen-bond acceptors (Lipinski definition) is 5. The van der Waals surface area contributed by atoms with E-state index in [2.05, 4.69) is 49.7 Å². The third-order valence-electron chi connectivity index (χ3n) is 0.879. The molecule has 2 unspecified atom stereocenters. The Kier molecular flexibility index (Phi) is 21.7. The highest BCUT2D eigenvalue weighted by Crippen LogP contribution is 1.90. The predicted octanol–water partition coefficient (Wildman–Crippen LogP) is 1.28. The Balaban J connectivity index is -0.000000205. The van der Waals surface area contributed by atoms with Crippen LogP contribution in [0.5, 0.6) is 0 Å². The summed E-state index contributed by atoms with van der Waals surface area (Å²) in [7, 11) is 0. The van der Waals surface area contributed by atoms with Gasteiger partial charge in [-0.05, 0) is 38.3 Å². The van der Waals surface area contributed by atoms with Gasteiger partial charge in [0, 0.05) is 0 Å². The van der Waals surface area contributed by atoms with Gasteiger partial charge in [-0.15, -0.1) is 0 Å². The SMILES string of the molecule is CC(O)COC(C)CO.OC(=S)S.OC(=S)S. The first-order valence-electron chi connectivity index (χ1n) is 4.37. The fourth-order valence-electron chi connectivity index (χ4n) is 0.356. The lowest BCUT2D eigenvalue weighted by atomic mass is 10.4. The lowest BCUT2D eigenvalue weighted by molar-refractivity contribution is -0.0177. The third-order valence-corrected chi connectivity index (χ3v) is 0.879. The van der Waals surface area contributed by atoms with Gasteiger partial charge in [-0.2, -0.15) is 0 Å². The summed E-state index contributed by atoms with van der Waals surface area (Å²) < 4.78 is 4.34. The molecule has 0 aliphatic heterocycles. The number of aliphatic hydroxyl groups is 4. The van der Waals surface area contributed by atoms with Crippen molar-refractivity contribution in [2.75, 3.05) is 13.2 Å². The minimum absolute atomic E-state index is 0.00667. The first kappa shape index (κ1) is 22.5. The maximum absolute atomic E-state index is 8.69. The number of thiol groups is 2. The largest absolute Gasteiger partial charge is 0.494 e. The molecule has 4 N–H and O–H groups in total. The van der Waals surface area contributed by atoms with E-state index in [1.165, 1.54) is 0 Å². The molecule has 104 valence electrons. The van der Waals surface area contributed by atoms with Gasteiger partial charge >= 0.3 is 0 Å². The van der Waals surface area contributed by atoms with Gasteiger partial charge in [0.2, 0.25) is 8.77 Å². The van der Waals surface area contributed by atoms with E-state index < -0.39 is 6.10 Å². The van der Waals surface area contributed by atoms with Crippen molar-refractivity contribution in [3.05, 3.63) is 0 Å².